The molecular formula is C19H20ClNO5. The van der Waals surface area contributed by atoms with Crippen molar-refractivity contribution in [3.63, 3.8) is 0 Å². The molecule has 7 heteroatoms. The van der Waals surface area contributed by atoms with E-state index in [2.05, 4.69) is 5.32 Å². The maximum Gasteiger partial charge on any atom is 0.338 e. The topological polar surface area (TPSA) is 73.9 Å². The Morgan fingerprint density at radius 2 is 1.77 bits per heavy atom. The number of benzene rings is 2. The summed E-state index contributed by atoms with van der Waals surface area (Å²) in [5.41, 5.74) is 1.08. The lowest BCUT2D eigenvalue weighted by atomic mass is 10.1. The van der Waals surface area contributed by atoms with E-state index in [0.29, 0.717) is 22.1 Å². The minimum atomic E-state index is -0.594. The Bertz CT molecular complexity index is 776. The average Bonchev–Trinajstić information content (AvgIpc) is 2.66. The highest BCUT2D eigenvalue weighted by atomic mass is 35.5. The van der Waals surface area contributed by atoms with E-state index in [1.54, 1.807) is 51.5 Å². The second-order valence-corrected chi connectivity index (χ2v) is 5.92. The van der Waals surface area contributed by atoms with Gasteiger partial charge in [-0.1, -0.05) is 11.6 Å². The monoisotopic (exact) mass is 377 g/mol. The van der Waals surface area contributed by atoms with Crippen LogP contribution in [-0.4, -0.2) is 32.7 Å². The van der Waals surface area contributed by atoms with Gasteiger partial charge in [-0.05, 0) is 49.4 Å². The molecule has 6 nitrogen and oxygen atoms in total. The summed E-state index contributed by atoms with van der Waals surface area (Å²) in [5, 5.41) is 3.28. The van der Waals surface area contributed by atoms with Gasteiger partial charge in [0.2, 0.25) is 0 Å². The van der Waals surface area contributed by atoms with Gasteiger partial charge in [0, 0.05) is 10.6 Å². The van der Waals surface area contributed by atoms with Crippen LogP contribution in [0.4, 0.5) is 0 Å². The zero-order chi connectivity index (χ0) is 19.1. The van der Waals surface area contributed by atoms with Crippen molar-refractivity contribution in [3.8, 4) is 11.5 Å². The number of ether oxygens (including phenoxy) is 3. The number of esters is 1. The molecule has 1 N–H and O–H groups in total. The molecule has 0 aliphatic heterocycles. The first-order chi connectivity index (χ1) is 12.4. The largest absolute Gasteiger partial charge is 0.497 e. The smallest absolute Gasteiger partial charge is 0.338 e. The molecule has 26 heavy (non-hydrogen) atoms. The Balaban J connectivity index is 1.95. The van der Waals surface area contributed by atoms with Crippen LogP contribution in [0.15, 0.2) is 42.5 Å². The van der Waals surface area contributed by atoms with Gasteiger partial charge in [0.05, 0.1) is 25.8 Å². The first kappa shape index (κ1) is 19.6. The number of nitrogens with one attached hydrogen (secondary N) is 1. The molecule has 138 valence electrons. The van der Waals surface area contributed by atoms with Gasteiger partial charge in [0.1, 0.15) is 11.5 Å². The number of carbonyl (C=O) groups is 2. The summed E-state index contributed by atoms with van der Waals surface area (Å²) in [7, 11) is 3.11. The Morgan fingerprint density at radius 3 is 2.38 bits per heavy atom. The van der Waals surface area contributed by atoms with Crippen molar-refractivity contribution in [1.29, 1.82) is 0 Å². The second-order valence-electron chi connectivity index (χ2n) is 5.48. The summed E-state index contributed by atoms with van der Waals surface area (Å²) in [5.74, 6) is 0.251. The molecule has 1 unspecified atom stereocenters. The lowest BCUT2D eigenvalue weighted by molar-refractivity contribution is -0.124. The molecule has 0 aliphatic carbocycles. The van der Waals surface area contributed by atoms with E-state index in [4.69, 9.17) is 25.8 Å². The molecule has 0 radical (unpaired) electrons. The van der Waals surface area contributed by atoms with E-state index in [1.165, 1.54) is 12.1 Å². The van der Waals surface area contributed by atoms with Crippen LogP contribution in [0.25, 0.3) is 0 Å². The molecule has 2 aromatic rings. The van der Waals surface area contributed by atoms with Crippen LogP contribution in [0.5, 0.6) is 11.5 Å². The molecule has 0 bridgehead atoms. The van der Waals surface area contributed by atoms with Gasteiger partial charge < -0.3 is 19.5 Å². The van der Waals surface area contributed by atoms with E-state index in [0.717, 1.165) is 5.56 Å². The van der Waals surface area contributed by atoms with Crippen LogP contribution in [0.3, 0.4) is 0 Å². The van der Waals surface area contributed by atoms with Crippen molar-refractivity contribution in [2.24, 2.45) is 0 Å². The summed E-state index contributed by atoms with van der Waals surface area (Å²) in [4.78, 5) is 24.0. The molecule has 2 rings (SSSR count). The molecular weight excluding hydrogens is 358 g/mol. The maximum atomic E-state index is 12.1. The van der Waals surface area contributed by atoms with Crippen molar-refractivity contribution in [3.05, 3.63) is 58.6 Å². The van der Waals surface area contributed by atoms with Crippen LogP contribution in [0.1, 0.15) is 28.9 Å². The average molecular weight is 378 g/mol. The molecule has 0 aromatic heterocycles. The van der Waals surface area contributed by atoms with Crippen molar-refractivity contribution >= 4 is 23.5 Å². The van der Waals surface area contributed by atoms with Crippen LogP contribution in [0.2, 0.25) is 5.02 Å². The molecule has 0 aliphatic rings. The van der Waals surface area contributed by atoms with Gasteiger partial charge in [0.15, 0.2) is 6.61 Å². The number of halogens is 1. The summed E-state index contributed by atoms with van der Waals surface area (Å²) in [6.07, 6.45) is 0. The number of methoxy groups -OCH3 is 2. The molecule has 0 saturated carbocycles. The quantitative estimate of drug-likeness (QED) is 0.748. The first-order valence-corrected chi connectivity index (χ1v) is 8.26. The standard InChI is InChI=1S/C19H20ClNO5/c1-12(16-10-15(24-2)8-9-17(16)25-3)21-18(22)11-26-19(23)13-4-6-14(20)7-5-13/h4-10,12H,11H2,1-3H3,(H,21,22). The minimum absolute atomic E-state index is 0.324. The van der Waals surface area contributed by atoms with Gasteiger partial charge >= 0.3 is 5.97 Å². The molecule has 1 atom stereocenters. The number of carbonyl (C=O) groups excluding carboxylic acids is 2. The third-order valence-corrected chi connectivity index (χ3v) is 3.95. The Labute approximate surface area is 157 Å². The molecule has 0 saturated heterocycles. The second kappa shape index (κ2) is 9.10. The normalized spacial score (nSPS) is 11.4. The van der Waals surface area contributed by atoms with E-state index >= 15 is 0 Å². The molecule has 1 amide bonds. The van der Waals surface area contributed by atoms with Crippen LogP contribution >= 0.6 is 11.6 Å². The fourth-order valence-electron chi connectivity index (χ4n) is 2.34. The van der Waals surface area contributed by atoms with Crippen LogP contribution in [-0.2, 0) is 9.53 Å². The van der Waals surface area contributed by atoms with Crippen molar-refractivity contribution in [2.45, 2.75) is 13.0 Å². The van der Waals surface area contributed by atoms with Crippen LogP contribution < -0.4 is 14.8 Å². The van der Waals surface area contributed by atoms with Gasteiger partial charge in [-0.25, -0.2) is 4.79 Å². The van der Waals surface area contributed by atoms with Crippen LogP contribution in [0, 0.1) is 0 Å². The fourth-order valence-corrected chi connectivity index (χ4v) is 2.47. The highest BCUT2D eigenvalue weighted by Gasteiger charge is 2.17. The third-order valence-electron chi connectivity index (χ3n) is 3.70. The SMILES string of the molecule is COc1ccc(OC)c(C(C)NC(=O)COC(=O)c2ccc(Cl)cc2)c1. The Kier molecular flexibility index (Phi) is 6.86. The number of hydrogen-bond donors (Lipinski definition) is 1. The summed E-state index contributed by atoms with van der Waals surface area (Å²) < 4.78 is 15.5. The lowest BCUT2D eigenvalue weighted by Gasteiger charge is -2.18. The Hall–Kier alpha value is -2.73. The van der Waals surface area contributed by atoms with Crippen molar-refractivity contribution < 1.29 is 23.8 Å². The molecule has 2 aromatic carbocycles. The van der Waals surface area contributed by atoms with Crippen molar-refractivity contribution in [1.82, 2.24) is 5.32 Å². The fraction of sp³-hybridized carbons (Fsp3) is 0.263. The zero-order valence-electron chi connectivity index (χ0n) is 14.7. The zero-order valence-corrected chi connectivity index (χ0v) is 15.5. The van der Waals surface area contributed by atoms with E-state index < -0.39 is 18.5 Å². The molecule has 0 heterocycles. The van der Waals surface area contributed by atoms with E-state index in [9.17, 15) is 9.59 Å². The van der Waals surface area contributed by atoms with E-state index in [1.807, 2.05) is 0 Å². The third kappa shape index (κ3) is 5.13. The van der Waals surface area contributed by atoms with E-state index in [-0.39, 0.29) is 6.04 Å². The first-order valence-electron chi connectivity index (χ1n) is 7.88. The number of amides is 1. The maximum absolute atomic E-state index is 12.1. The summed E-state index contributed by atoms with van der Waals surface area (Å²) in [6, 6.07) is 11.2. The highest BCUT2D eigenvalue weighted by molar-refractivity contribution is 6.30. The Morgan fingerprint density at radius 1 is 1.08 bits per heavy atom. The lowest BCUT2D eigenvalue weighted by Crippen LogP contribution is -2.31. The predicted octanol–water partition coefficient (Wildman–Crippen LogP) is 3.39. The highest BCUT2D eigenvalue weighted by Crippen LogP contribution is 2.29. The van der Waals surface area contributed by atoms with Gasteiger partial charge in [-0.2, -0.15) is 0 Å². The number of rotatable bonds is 7. The van der Waals surface area contributed by atoms with Gasteiger partial charge in [-0.3, -0.25) is 4.79 Å². The molecule has 0 spiro atoms. The van der Waals surface area contributed by atoms with Gasteiger partial charge in [-0.15, -0.1) is 0 Å². The molecule has 0 fully saturated rings. The predicted molar refractivity (Wildman–Crippen MR) is 97.8 cm³/mol. The summed E-state index contributed by atoms with van der Waals surface area (Å²) >= 11 is 5.77. The number of hydrogen-bond acceptors (Lipinski definition) is 5. The van der Waals surface area contributed by atoms with Crippen molar-refractivity contribution in [2.75, 3.05) is 20.8 Å². The van der Waals surface area contributed by atoms with Gasteiger partial charge in [0.25, 0.3) is 5.91 Å². The minimum Gasteiger partial charge on any atom is -0.497 e. The summed E-state index contributed by atoms with van der Waals surface area (Å²) in [6.45, 7) is 1.41.